The first-order valence-corrected chi connectivity index (χ1v) is 6.38. The average molecular weight is 252 g/mol. The van der Waals surface area contributed by atoms with Crippen LogP contribution in [-0.4, -0.2) is 40.0 Å². The Bertz CT molecular complexity index is 327. The average Bonchev–Trinajstić information content (AvgIpc) is 2.43. The molecule has 0 aliphatic carbocycles. The van der Waals surface area contributed by atoms with Crippen LogP contribution < -0.4 is 15.4 Å². The van der Waals surface area contributed by atoms with Gasteiger partial charge in [-0.1, -0.05) is 0 Å². The van der Waals surface area contributed by atoms with E-state index in [-0.39, 0.29) is 6.10 Å². The Morgan fingerprint density at radius 1 is 1.28 bits per heavy atom. The Balaban J connectivity index is 2.45. The highest BCUT2D eigenvalue weighted by atomic mass is 16.5. The van der Waals surface area contributed by atoms with Crippen LogP contribution in [0.5, 0.6) is 5.75 Å². The molecule has 1 aromatic rings. The van der Waals surface area contributed by atoms with Crippen molar-refractivity contribution >= 4 is 5.69 Å². The largest absolute Gasteiger partial charge is 0.497 e. The van der Waals surface area contributed by atoms with Gasteiger partial charge in [-0.2, -0.15) is 0 Å². The topological polar surface area (TPSA) is 47.7 Å². The molecule has 0 fully saturated rings. The van der Waals surface area contributed by atoms with Gasteiger partial charge in [-0.15, -0.1) is 0 Å². The van der Waals surface area contributed by atoms with Crippen molar-refractivity contribution in [3.63, 3.8) is 0 Å². The maximum atomic E-state index is 5.66. The summed E-state index contributed by atoms with van der Waals surface area (Å²) in [5.74, 6) is 0.876. The van der Waals surface area contributed by atoms with Crippen molar-refractivity contribution in [1.82, 2.24) is 0 Å². The highest BCUT2D eigenvalue weighted by Gasteiger charge is 2.08. The van der Waals surface area contributed by atoms with Gasteiger partial charge in [0.15, 0.2) is 0 Å². The molecule has 4 nitrogen and oxygen atoms in total. The lowest BCUT2D eigenvalue weighted by Crippen LogP contribution is -2.29. The van der Waals surface area contributed by atoms with Gasteiger partial charge in [0, 0.05) is 32.4 Å². The van der Waals surface area contributed by atoms with E-state index in [2.05, 4.69) is 24.1 Å². The molecule has 0 aromatic heterocycles. The number of anilines is 1. The van der Waals surface area contributed by atoms with Gasteiger partial charge in [0.25, 0.3) is 0 Å². The summed E-state index contributed by atoms with van der Waals surface area (Å²) < 4.78 is 10.7. The van der Waals surface area contributed by atoms with Crippen LogP contribution in [0, 0.1) is 0 Å². The van der Waals surface area contributed by atoms with E-state index in [0.29, 0.717) is 13.2 Å². The number of hydrogen-bond donors (Lipinski definition) is 1. The second kappa shape index (κ2) is 7.95. The minimum absolute atomic E-state index is 0.149. The molecule has 4 heteroatoms. The summed E-state index contributed by atoms with van der Waals surface area (Å²) in [6, 6.07) is 8.04. The fourth-order valence-corrected chi connectivity index (χ4v) is 1.81. The van der Waals surface area contributed by atoms with E-state index in [4.69, 9.17) is 15.2 Å². The lowest BCUT2D eigenvalue weighted by atomic mass is 10.2. The lowest BCUT2D eigenvalue weighted by molar-refractivity contribution is 0.0646. The Labute approximate surface area is 110 Å². The fourth-order valence-electron chi connectivity index (χ4n) is 1.81. The van der Waals surface area contributed by atoms with Crippen LogP contribution in [0.2, 0.25) is 0 Å². The molecule has 102 valence electrons. The predicted molar refractivity (Wildman–Crippen MR) is 75.3 cm³/mol. The third-order valence-electron chi connectivity index (χ3n) is 2.96. The third kappa shape index (κ3) is 4.55. The molecular formula is C14H24N2O2. The number of methoxy groups -OCH3 is 1. The molecule has 0 bridgehead atoms. The van der Waals surface area contributed by atoms with Crippen molar-refractivity contribution < 1.29 is 9.47 Å². The van der Waals surface area contributed by atoms with Crippen molar-refractivity contribution in [3.05, 3.63) is 24.3 Å². The van der Waals surface area contributed by atoms with Crippen LogP contribution in [0.1, 0.15) is 13.3 Å². The molecule has 0 amide bonds. The molecule has 0 spiro atoms. The molecule has 18 heavy (non-hydrogen) atoms. The van der Waals surface area contributed by atoms with Crippen LogP contribution >= 0.6 is 0 Å². The molecule has 1 aromatic carbocycles. The number of rotatable bonds is 8. The maximum absolute atomic E-state index is 5.66. The summed E-state index contributed by atoms with van der Waals surface area (Å²) in [5, 5.41) is 0. The molecule has 2 N–H and O–H groups in total. The summed E-state index contributed by atoms with van der Waals surface area (Å²) in [4.78, 5) is 2.20. The first kappa shape index (κ1) is 14.8. The van der Waals surface area contributed by atoms with Crippen molar-refractivity contribution in [2.24, 2.45) is 5.73 Å². The number of ether oxygens (including phenoxy) is 2. The Morgan fingerprint density at radius 2 is 1.94 bits per heavy atom. The Morgan fingerprint density at radius 3 is 2.44 bits per heavy atom. The van der Waals surface area contributed by atoms with Crippen LogP contribution in [-0.2, 0) is 4.74 Å². The number of hydrogen-bond acceptors (Lipinski definition) is 4. The molecule has 1 unspecified atom stereocenters. The smallest absolute Gasteiger partial charge is 0.119 e. The van der Waals surface area contributed by atoms with Gasteiger partial charge >= 0.3 is 0 Å². The van der Waals surface area contributed by atoms with Crippen molar-refractivity contribution in [2.75, 3.05) is 38.8 Å². The van der Waals surface area contributed by atoms with E-state index in [1.807, 2.05) is 19.1 Å². The third-order valence-corrected chi connectivity index (χ3v) is 2.96. The normalized spacial score (nSPS) is 12.2. The minimum atomic E-state index is 0.149. The molecule has 0 aliphatic rings. The first-order chi connectivity index (χ1) is 8.71. The first-order valence-electron chi connectivity index (χ1n) is 6.38. The minimum Gasteiger partial charge on any atom is -0.497 e. The molecule has 0 saturated heterocycles. The number of nitrogens with two attached hydrogens (primary N) is 1. The van der Waals surface area contributed by atoms with Gasteiger partial charge in [-0.05, 0) is 37.6 Å². The van der Waals surface area contributed by atoms with Gasteiger partial charge in [0.1, 0.15) is 5.75 Å². The van der Waals surface area contributed by atoms with E-state index < -0.39 is 0 Å². The molecular weight excluding hydrogens is 228 g/mol. The van der Waals surface area contributed by atoms with Gasteiger partial charge in [-0.3, -0.25) is 0 Å². The van der Waals surface area contributed by atoms with Crippen LogP contribution in [0.15, 0.2) is 24.3 Å². The van der Waals surface area contributed by atoms with Gasteiger partial charge in [0.05, 0.1) is 13.2 Å². The summed E-state index contributed by atoms with van der Waals surface area (Å²) in [7, 11) is 3.74. The molecule has 0 radical (unpaired) electrons. The number of nitrogens with zero attached hydrogens (tertiary/aromatic N) is 1. The quantitative estimate of drug-likeness (QED) is 0.767. The zero-order valence-corrected chi connectivity index (χ0v) is 11.6. The second-order valence-corrected chi connectivity index (χ2v) is 4.22. The SMILES string of the molecule is CCOC(CN)CCN(C)c1ccc(OC)cc1. The van der Waals surface area contributed by atoms with Crippen LogP contribution in [0.3, 0.4) is 0 Å². The summed E-state index contributed by atoms with van der Waals surface area (Å²) in [6.45, 7) is 4.21. The van der Waals surface area contributed by atoms with E-state index in [9.17, 15) is 0 Å². The summed E-state index contributed by atoms with van der Waals surface area (Å²) in [6.07, 6.45) is 1.09. The molecule has 1 atom stereocenters. The van der Waals surface area contributed by atoms with E-state index in [1.54, 1.807) is 7.11 Å². The van der Waals surface area contributed by atoms with E-state index in [0.717, 1.165) is 18.7 Å². The monoisotopic (exact) mass is 252 g/mol. The molecule has 0 heterocycles. The van der Waals surface area contributed by atoms with Crippen molar-refractivity contribution in [3.8, 4) is 5.75 Å². The summed E-state index contributed by atoms with van der Waals surface area (Å²) in [5.41, 5.74) is 6.83. The molecule has 0 saturated carbocycles. The highest BCUT2D eigenvalue weighted by Crippen LogP contribution is 2.18. The molecule has 1 rings (SSSR count). The lowest BCUT2D eigenvalue weighted by Gasteiger charge is -2.22. The predicted octanol–water partition coefficient (Wildman–Crippen LogP) is 1.89. The maximum Gasteiger partial charge on any atom is 0.119 e. The highest BCUT2D eigenvalue weighted by molar-refractivity contribution is 5.48. The van der Waals surface area contributed by atoms with Gasteiger partial charge in [-0.25, -0.2) is 0 Å². The zero-order chi connectivity index (χ0) is 13.4. The fraction of sp³-hybridized carbons (Fsp3) is 0.571. The van der Waals surface area contributed by atoms with Crippen molar-refractivity contribution in [2.45, 2.75) is 19.4 Å². The van der Waals surface area contributed by atoms with Crippen molar-refractivity contribution in [1.29, 1.82) is 0 Å². The van der Waals surface area contributed by atoms with Crippen LogP contribution in [0.4, 0.5) is 5.69 Å². The zero-order valence-electron chi connectivity index (χ0n) is 11.6. The summed E-state index contributed by atoms with van der Waals surface area (Å²) >= 11 is 0. The van der Waals surface area contributed by atoms with Crippen LogP contribution in [0.25, 0.3) is 0 Å². The van der Waals surface area contributed by atoms with E-state index in [1.165, 1.54) is 5.69 Å². The molecule has 0 aliphatic heterocycles. The number of benzene rings is 1. The van der Waals surface area contributed by atoms with E-state index >= 15 is 0 Å². The van der Waals surface area contributed by atoms with Gasteiger partial charge < -0.3 is 20.1 Å². The van der Waals surface area contributed by atoms with Gasteiger partial charge in [0.2, 0.25) is 0 Å². The Kier molecular flexibility index (Phi) is 6.54. The standard InChI is InChI=1S/C14H24N2O2/c1-4-18-14(11-15)9-10-16(2)12-5-7-13(17-3)8-6-12/h5-8,14H,4,9-11,15H2,1-3H3. The second-order valence-electron chi connectivity index (χ2n) is 4.22. The Hall–Kier alpha value is -1.26.